The van der Waals surface area contributed by atoms with E-state index in [9.17, 15) is 23.3 Å². The molecule has 134 valence electrons. The average molecular weight is 375 g/mol. The summed E-state index contributed by atoms with van der Waals surface area (Å²) in [4.78, 5) is 14.0. The quantitative estimate of drug-likeness (QED) is 0.569. The number of benzene rings is 1. The van der Waals surface area contributed by atoms with E-state index in [0.29, 0.717) is 23.9 Å². The number of imidazole rings is 1. The highest BCUT2D eigenvalue weighted by Crippen LogP contribution is 2.33. The lowest BCUT2D eigenvalue weighted by atomic mass is 10.2. The van der Waals surface area contributed by atoms with Crippen LogP contribution in [0.1, 0.15) is 5.56 Å². The molecule has 0 saturated heterocycles. The molecule has 0 N–H and O–H groups in total. The van der Waals surface area contributed by atoms with E-state index in [2.05, 4.69) is 9.72 Å². The van der Waals surface area contributed by atoms with Crippen LogP contribution in [0.5, 0.6) is 5.75 Å². The van der Waals surface area contributed by atoms with Gasteiger partial charge in [-0.2, -0.15) is 0 Å². The van der Waals surface area contributed by atoms with Crippen molar-refractivity contribution in [1.82, 2.24) is 9.55 Å². The summed E-state index contributed by atoms with van der Waals surface area (Å²) in [6.45, 7) is 1.19. The minimum Gasteiger partial charge on any atom is -0.406 e. The second-order valence-corrected chi connectivity index (χ2v) is 6.51. The molecule has 1 aliphatic rings. The predicted molar refractivity (Wildman–Crippen MR) is 81.3 cm³/mol. The first-order valence-corrected chi connectivity index (χ1v) is 7.99. The van der Waals surface area contributed by atoms with E-state index in [1.165, 1.54) is 42.2 Å². The number of aromatic nitrogens is 2. The van der Waals surface area contributed by atoms with Gasteiger partial charge in [0.1, 0.15) is 11.9 Å². The zero-order valence-electron chi connectivity index (χ0n) is 12.6. The van der Waals surface area contributed by atoms with Crippen LogP contribution < -0.4 is 4.74 Å². The van der Waals surface area contributed by atoms with Crippen LogP contribution in [-0.2, 0) is 17.9 Å². The molecular formula is C14H12F3N3O4S. The van der Waals surface area contributed by atoms with Crippen LogP contribution in [-0.4, -0.2) is 32.7 Å². The molecule has 1 aromatic carbocycles. The molecule has 0 amide bonds. The van der Waals surface area contributed by atoms with Crippen molar-refractivity contribution in [3.63, 3.8) is 0 Å². The second kappa shape index (κ2) is 6.92. The topological polar surface area (TPSA) is 79.4 Å². The molecule has 0 saturated carbocycles. The van der Waals surface area contributed by atoms with Gasteiger partial charge >= 0.3 is 12.2 Å². The molecule has 1 aliphatic heterocycles. The van der Waals surface area contributed by atoms with Gasteiger partial charge in [0.25, 0.3) is 5.16 Å². The highest BCUT2D eigenvalue weighted by atomic mass is 32.2. The van der Waals surface area contributed by atoms with E-state index in [0.717, 1.165) is 0 Å². The lowest BCUT2D eigenvalue weighted by molar-refractivity contribution is -0.389. The molecule has 0 aliphatic carbocycles. The lowest BCUT2D eigenvalue weighted by Crippen LogP contribution is -2.17. The number of thioether (sulfide) groups is 1. The van der Waals surface area contributed by atoms with Gasteiger partial charge < -0.3 is 19.6 Å². The van der Waals surface area contributed by atoms with E-state index in [4.69, 9.17) is 4.74 Å². The highest BCUT2D eigenvalue weighted by molar-refractivity contribution is 8.00. The Morgan fingerprint density at radius 1 is 1.36 bits per heavy atom. The smallest absolute Gasteiger partial charge is 0.406 e. The molecule has 1 aromatic heterocycles. The Balaban J connectivity index is 1.44. The Bertz CT molecular complexity index is 740. The summed E-state index contributed by atoms with van der Waals surface area (Å²) in [6, 6.07) is 5.45. The molecule has 0 spiro atoms. The van der Waals surface area contributed by atoms with Crippen LogP contribution in [0.4, 0.5) is 19.0 Å². The van der Waals surface area contributed by atoms with E-state index in [-0.39, 0.29) is 23.4 Å². The number of nitro groups is 1. The first-order valence-electron chi connectivity index (χ1n) is 7.11. The maximum Gasteiger partial charge on any atom is 0.573 e. The largest absolute Gasteiger partial charge is 0.573 e. The van der Waals surface area contributed by atoms with E-state index < -0.39 is 11.3 Å². The summed E-state index contributed by atoms with van der Waals surface area (Å²) < 4.78 is 47.3. The van der Waals surface area contributed by atoms with Crippen molar-refractivity contribution >= 4 is 17.6 Å². The fourth-order valence-corrected chi connectivity index (χ4v) is 3.39. The summed E-state index contributed by atoms with van der Waals surface area (Å²) in [6.07, 6.45) is -3.32. The number of halogens is 3. The van der Waals surface area contributed by atoms with E-state index in [1.807, 2.05) is 0 Å². The molecule has 1 unspecified atom stereocenters. The molecule has 11 heteroatoms. The minimum atomic E-state index is -4.71. The van der Waals surface area contributed by atoms with Crippen molar-refractivity contribution in [2.45, 2.75) is 29.9 Å². The van der Waals surface area contributed by atoms with Gasteiger partial charge in [0.15, 0.2) is 0 Å². The van der Waals surface area contributed by atoms with Gasteiger partial charge in [0.2, 0.25) is 0 Å². The van der Waals surface area contributed by atoms with Gasteiger partial charge in [0, 0.05) is 6.54 Å². The van der Waals surface area contributed by atoms with Gasteiger partial charge in [-0.3, -0.25) is 4.57 Å². The predicted octanol–water partition coefficient (Wildman–Crippen LogP) is 3.38. The van der Waals surface area contributed by atoms with Crippen molar-refractivity contribution in [2.75, 3.05) is 6.61 Å². The second-order valence-electron chi connectivity index (χ2n) is 5.24. The summed E-state index contributed by atoms with van der Waals surface area (Å²) in [5, 5.41) is 11.3. The normalized spacial score (nSPS) is 16.7. The molecule has 0 radical (unpaired) electrons. The third-order valence-electron chi connectivity index (χ3n) is 3.32. The molecule has 7 nitrogen and oxygen atoms in total. The molecule has 25 heavy (non-hydrogen) atoms. The molecule has 2 heterocycles. The third-order valence-corrected chi connectivity index (χ3v) is 4.47. The van der Waals surface area contributed by atoms with Crippen molar-refractivity contribution in [3.8, 4) is 5.75 Å². The molecule has 2 aromatic rings. The maximum atomic E-state index is 12.1. The highest BCUT2D eigenvalue weighted by Gasteiger charge is 2.31. The van der Waals surface area contributed by atoms with Crippen LogP contribution in [0.25, 0.3) is 0 Å². The van der Waals surface area contributed by atoms with Gasteiger partial charge in [-0.05, 0) is 27.6 Å². The zero-order valence-corrected chi connectivity index (χ0v) is 13.4. The number of alkyl halides is 3. The van der Waals surface area contributed by atoms with E-state index in [1.54, 1.807) is 4.57 Å². The molecular weight excluding hydrogens is 363 g/mol. The Morgan fingerprint density at radius 2 is 2.08 bits per heavy atom. The monoisotopic (exact) mass is 375 g/mol. The number of ether oxygens (including phenoxy) is 2. The maximum absolute atomic E-state index is 12.1. The van der Waals surface area contributed by atoms with Crippen LogP contribution >= 0.6 is 11.8 Å². The summed E-state index contributed by atoms with van der Waals surface area (Å²) in [5.41, 5.74) is 0.714. The van der Waals surface area contributed by atoms with Gasteiger partial charge in [-0.1, -0.05) is 23.9 Å². The molecule has 1 atom stereocenters. The average Bonchev–Trinajstić information content (AvgIpc) is 3.06. The Kier molecular flexibility index (Phi) is 4.86. The summed E-state index contributed by atoms with van der Waals surface area (Å²) in [5.74, 6) is -0.461. The number of nitrogens with zero attached hydrogens (tertiary/aromatic N) is 3. The first-order chi connectivity index (χ1) is 11.8. The number of rotatable bonds is 6. The van der Waals surface area contributed by atoms with Crippen LogP contribution in [0.2, 0.25) is 0 Å². The lowest BCUT2D eigenvalue weighted by Gasteiger charge is -2.11. The SMILES string of the molecule is O=[N+]([O-])c1cn2c(n1)SC(COCc1ccc(OC(F)(F)F)cc1)C2. The number of hydrogen-bond acceptors (Lipinski definition) is 6. The Morgan fingerprint density at radius 3 is 2.68 bits per heavy atom. The number of hydrogen-bond donors (Lipinski definition) is 0. The van der Waals surface area contributed by atoms with Gasteiger partial charge in [-0.25, -0.2) is 0 Å². The molecule has 3 rings (SSSR count). The minimum absolute atomic E-state index is 0.0798. The van der Waals surface area contributed by atoms with Crippen molar-refractivity contribution in [1.29, 1.82) is 0 Å². The summed E-state index contributed by atoms with van der Waals surface area (Å²) >= 11 is 1.40. The van der Waals surface area contributed by atoms with E-state index >= 15 is 0 Å². The fourth-order valence-electron chi connectivity index (χ4n) is 2.29. The van der Waals surface area contributed by atoms with Crippen LogP contribution in [0.3, 0.4) is 0 Å². The molecule has 0 fully saturated rings. The molecule has 0 bridgehead atoms. The van der Waals surface area contributed by atoms with Gasteiger partial charge in [0.05, 0.1) is 18.5 Å². The van der Waals surface area contributed by atoms with Crippen molar-refractivity contribution < 1.29 is 27.6 Å². The zero-order chi connectivity index (χ0) is 18.0. The summed E-state index contributed by atoms with van der Waals surface area (Å²) in [7, 11) is 0. The fraction of sp³-hybridized carbons (Fsp3) is 0.357. The van der Waals surface area contributed by atoms with Crippen molar-refractivity contribution in [2.24, 2.45) is 0 Å². The number of fused-ring (bicyclic) bond motifs is 1. The first kappa shape index (κ1) is 17.5. The standard InChI is InChI=1S/C14H12F3N3O4S/c15-14(16,17)24-10-3-1-9(2-4-10)7-23-8-11-5-19-6-12(20(21)22)18-13(19)25-11/h1-4,6,11H,5,7-8H2. The Labute approximate surface area is 143 Å². The van der Waals surface area contributed by atoms with Crippen LogP contribution in [0.15, 0.2) is 35.6 Å². The third kappa shape index (κ3) is 4.63. The van der Waals surface area contributed by atoms with Crippen molar-refractivity contribution in [3.05, 3.63) is 46.1 Å². The van der Waals surface area contributed by atoms with Gasteiger partial charge in [-0.15, -0.1) is 13.2 Å². The van der Waals surface area contributed by atoms with Crippen LogP contribution in [0, 0.1) is 10.1 Å². The Hall–Kier alpha value is -2.27.